The van der Waals surface area contributed by atoms with E-state index in [1.807, 2.05) is 31.4 Å². The fourth-order valence-electron chi connectivity index (χ4n) is 2.73. The van der Waals surface area contributed by atoms with Gasteiger partial charge in [0.25, 0.3) is 5.91 Å². The zero-order valence-corrected chi connectivity index (χ0v) is 17.9. The van der Waals surface area contributed by atoms with Crippen molar-refractivity contribution in [3.63, 3.8) is 0 Å². The van der Waals surface area contributed by atoms with Crippen LogP contribution in [0.4, 0.5) is 5.69 Å². The minimum Gasteiger partial charge on any atom is -0.340 e. The van der Waals surface area contributed by atoms with Gasteiger partial charge >= 0.3 is 0 Å². The normalized spacial score (nSPS) is 12.0. The number of rotatable bonds is 7. The van der Waals surface area contributed by atoms with Crippen molar-refractivity contribution in [3.8, 4) is 0 Å². The summed E-state index contributed by atoms with van der Waals surface area (Å²) >= 11 is 9.30. The Morgan fingerprint density at radius 3 is 2.79 bits per heavy atom. The van der Waals surface area contributed by atoms with Gasteiger partial charge in [-0.05, 0) is 55.7 Å². The summed E-state index contributed by atoms with van der Waals surface area (Å²) in [5.74, 6) is 0.129. The van der Waals surface area contributed by atoms with Gasteiger partial charge in [-0.25, -0.2) is 4.98 Å². The number of carbonyl (C=O) groups is 2. The van der Waals surface area contributed by atoms with Crippen LogP contribution in [0, 0.1) is 6.92 Å². The first-order chi connectivity index (χ1) is 13.5. The second-order valence-electron chi connectivity index (χ2n) is 6.19. The third kappa shape index (κ3) is 5.04. The average molecular weight is 434 g/mol. The minimum absolute atomic E-state index is 0.255. The molecule has 2 aromatic carbocycles. The van der Waals surface area contributed by atoms with Gasteiger partial charge in [-0.2, -0.15) is 11.8 Å². The number of aryl methyl sites for hydroxylation is 1. The van der Waals surface area contributed by atoms with Gasteiger partial charge in [-0.15, -0.1) is 11.3 Å². The van der Waals surface area contributed by atoms with Gasteiger partial charge < -0.3 is 10.6 Å². The molecule has 1 atom stereocenters. The molecule has 1 aromatic heterocycles. The molecule has 0 bridgehead atoms. The minimum atomic E-state index is -0.657. The number of hydrogen-bond donors (Lipinski definition) is 2. The molecule has 5 nitrogen and oxygen atoms in total. The maximum Gasteiger partial charge on any atom is 0.253 e. The van der Waals surface area contributed by atoms with Gasteiger partial charge in [0.2, 0.25) is 5.91 Å². The third-order valence-electron chi connectivity index (χ3n) is 4.11. The predicted octanol–water partition coefficient (Wildman–Crippen LogP) is 4.75. The van der Waals surface area contributed by atoms with Crippen molar-refractivity contribution in [1.82, 2.24) is 10.3 Å². The Balaban J connectivity index is 1.74. The zero-order chi connectivity index (χ0) is 20.1. The maximum absolute atomic E-state index is 12.8. The molecule has 28 heavy (non-hydrogen) atoms. The molecule has 0 radical (unpaired) electrons. The highest BCUT2D eigenvalue weighted by Crippen LogP contribution is 2.25. The number of thioether (sulfide) groups is 1. The second kappa shape index (κ2) is 9.41. The van der Waals surface area contributed by atoms with Crippen LogP contribution in [-0.4, -0.2) is 34.8 Å². The van der Waals surface area contributed by atoms with Gasteiger partial charge in [-0.3, -0.25) is 9.59 Å². The average Bonchev–Trinajstić information content (AvgIpc) is 3.04. The third-order valence-corrected chi connectivity index (χ3v) is 6.02. The Bertz CT molecular complexity index is 1010. The number of hydrogen-bond acceptors (Lipinski definition) is 5. The van der Waals surface area contributed by atoms with E-state index in [1.54, 1.807) is 47.4 Å². The number of thiazole rings is 1. The van der Waals surface area contributed by atoms with E-state index in [9.17, 15) is 9.59 Å². The van der Waals surface area contributed by atoms with Crippen molar-refractivity contribution < 1.29 is 9.59 Å². The molecule has 2 N–H and O–H groups in total. The molecule has 146 valence electrons. The number of aromatic nitrogens is 1. The first-order valence-corrected chi connectivity index (χ1v) is 11.3. The summed E-state index contributed by atoms with van der Waals surface area (Å²) < 4.78 is 1.01. The lowest BCUT2D eigenvalue weighted by atomic mass is 10.1. The molecule has 0 spiro atoms. The topological polar surface area (TPSA) is 71.1 Å². The van der Waals surface area contributed by atoms with Crippen LogP contribution in [0.25, 0.3) is 10.2 Å². The molecule has 0 saturated carbocycles. The molecule has 1 heterocycles. The molecule has 1 unspecified atom stereocenters. The maximum atomic E-state index is 12.8. The molecule has 0 saturated heterocycles. The van der Waals surface area contributed by atoms with E-state index in [-0.39, 0.29) is 11.8 Å². The number of anilines is 1. The summed E-state index contributed by atoms with van der Waals surface area (Å²) in [6.45, 7) is 1.95. The van der Waals surface area contributed by atoms with E-state index in [0.717, 1.165) is 21.0 Å². The number of nitrogens with one attached hydrogen (secondary N) is 2. The number of carbonyl (C=O) groups excluding carboxylic acids is 2. The predicted molar refractivity (Wildman–Crippen MR) is 119 cm³/mol. The fourth-order valence-corrected chi connectivity index (χ4v) is 4.29. The van der Waals surface area contributed by atoms with Crippen LogP contribution in [0.2, 0.25) is 5.02 Å². The number of halogens is 1. The summed E-state index contributed by atoms with van der Waals surface area (Å²) in [4.78, 5) is 29.8. The summed E-state index contributed by atoms with van der Waals surface area (Å²) in [6.07, 6.45) is 2.48. The van der Waals surface area contributed by atoms with Crippen molar-refractivity contribution in [2.24, 2.45) is 0 Å². The summed E-state index contributed by atoms with van der Waals surface area (Å²) in [5.41, 5.74) is 1.95. The zero-order valence-electron chi connectivity index (χ0n) is 15.5. The molecule has 3 aromatic rings. The quantitative estimate of drug-likeness (QED) is 0.564. The van der Waals surface area contributed by atoms with Crippen LogP contribution in [-0.2, 0) is 4.79 Å². The lowest BCUT2D eigenvalue weighted by Gasteiger charge is -2.18. The molecule has 0 aliphatic rings. The molecule has 2 amide bonds. The van der Waals surface area contributed by atoms with Crippen LogP contribution in [0.1, 0.15) is 21.8 Å². The number of fused-ring (bicyclic) bond motifs is 1. The highest BCUT2D eigenvalue weighted by Gasteiger charge is 2.22. The van der Waals surface area contributed by atoms with Crippen LogP contribution in [0.3, 0.4) is 0 Å². The van der Waals surface area contributed by atoms with Gasteiger partial charge in [0.05, 0.1) is 25.8 Å². The summed E-state index contributed by atoms with van der Waals surface area (Å²) in [5, 5.41) is 7.05. The standard InChI is InChI=1S/C20H20ClN3O2S2/c1-12-22-16-8-7-13(11-18(16)28-12)23-20(26)17(9-10-27-2)24-19(25)14-5-3-4-6-15(14)21/h3-8,11,17H,9-10H2,1-2H3,(H,23,26)(H,24,25). The van der Waals surface area contributed by atoms with E-state index in [2.05, 4.69) is 15.6 Å². The van der Waals surface area contributed by atoms with Gasteiger partial charge in [0, 0.05) is 5.69 Å². The Hall–Kier alpha value is -2.09. The smallest absolute Gasteiger partial charge is 0.253 e. The van der Waals surface area contributed by atoms with Crippen LogP contribution >= 0.6 is 34.7 Å². The molecular weight excluding hydrogens is 414 g/mol. The summed E-state index contributed by atoms with van der Waals surface area (Å²) in [7, 11) is 0. The lowest BCUT2D eigenvalue weighted by molar-refractivity contribution is -0.118. The molecule has 0 fully saturated rings. The Morgan fingerprint density at radius 2 is 2.04 bits per heavy atom. The molecule has 8 heteroatoms. The van der Waals surface area contributed by atoms with Crippen molar-refractivity contribution in [2.45, 2.75) is 19.4 Å². The Kier molecular flexibility index (Phi) is 6.93. The van der Waals surface area contributed by atoms with Gasteiger partial charge in [0.15, 0.2) is 0 Å². The molecule has 3 rings (SSSR count). The Labute approximate surface area is 176 Å². The van der Waals surface area contributed by atoms with Crippen molar-refractivity contribution in [3.05, 3.63) is 58.1 Å². The molecular formula is C20H20ClN3O2S2. The first-order valence-electron chi connectivity index (χ1n) is 8.70. The summed E-state index contributed by atoms with van der Waals surface area (Å²) in [6, 6.07) is 11.7. The fraction of sp³-hybridized carbons (Fsp3) is 0.250. The van der Waals surface area contributed by atoms with Crippen molar-refractivity contribution in [2.75, 3.05) is 17.3 Å². The molecule has 0 aliphatic heterocycles. The first kappa shape index (κ1) is 20.6. The second-order valence-corrected chi connectivity index (χ2v) is 8.82. The van der Waals surface area contributed by atoms with E-state index in [0.29, 0.717) is 22.7 Å². The monoisotopic (exact) mass is 433 g/mol. The number of nitrogens with zero attached hydrogens (tertiary/aromatic N) is 1. The van der Waals surface area contributed by atoms with Crippen LogP contribution < -0.4 is 10.6 Å². The highest BCUT2D eigenvalue weighted by molar-refractivity contribution is 7.98. The van der Waals surface area contributed by atoms with E-state index in [1.165, 1.54) is 0 Å². The van der Waals surface area contributed by atoms with Gasteiger partial charge in [0.1, 0.15) is 6.04 Å². The van der Waals surface area contributed by atoms with E-state index >= 15 is 0 Å². The number of amides is 2. The number of benzene rings is 2. The van der Waals surface area contributed by atoms with E-state index < -0.39 is 6.04 Å². The van der Waals surface area contributed by atoms with E-state index in [4.69, 9.17) is 11.6 Å². The van der Waals surface area contributed by atoms with Crippen LogP contribution in [0.15, 0.2) is 42.5 Å². The highest BCUT2D eigenvalue weighted by atomic mass is 35.5. The largest absolute Gasteiger partial charge is 0.340 e. The van der Waals surface area contributed by atoms with Crippen molar-refractivity contribution in [1.29, 1.82) is 0 Å². The van der Waals surface area contributed by atoms with Crippen LogP contribution in [0.5, 0.6) is 0 Å². The molecule has 0 aliphatic carbocycles. The van der Waals surface area contributed by atoms with Gasteiger partial charge in [-0.1, -0.05) is 23.7 Å². The lowest BCUT2D eigenvalue weighted by Crippen LogP contribution is -2.44. The Morgan fingerprint density at radius 1 is 1.25 bits per heavy atom. The van der Waals surface area contributed by atoms with Crippen molar-refractivity contribution >= 4 is 62.4 Å². The SMILES string of the molecule is CSCCC(NC(=O)c1ccccc1Cl)C(=O)Nc1ccc2nc(C)sc2c1.